The molecule has 0 aliphatic carbocycles. The first-order valence-electron chi connectivity index (χ1n) is 9.76. The largest absolute Gasteiger partial charge is 0.481 e. The summed E-state index contributed by atoms with van der Waals surface area (Å²) < 4.78 is 238. The number of alkyl halides is 17. The molecule has 0 heterocycles. The Morgan fingerprint density at radius 3 is 1.24 bits per heavy atom. The van der Waals surface area contributed by atoms with E-state index in [1.54, 1.807) is 0 Å². The van der Waals surface area contributed by atoms with E-state index in [4.69, 9.17) is 10.2 Å². The van der Waals surface area contributed by atoms with E-state index >= 15 is 4.39 Å². The second-order valence-corrected chi connectivity index (χ2v) is 7.96. The monoisotopic (exact) mass is 652 g/mol. The highest BCUT2D eigenvalue weighted by atomic mass is 19.4. The number of halogens is 17. The first kappa shape index (κ1) is 38.2. The lowest BCUT2D eigenvalue weighted by Crippen LogP contribution is -2.82. The number of carboxylic acids is 3. The lowest BCUT2D eigenvalue weighted by molar-refractivity contribution is -0.463. The Morgan fingerprint density at radius 1 is 0.610 bits per heavy atom. The van der Waals surface area contributed by atoms with Crippen molar-refractivity contribution in [2.24, 2.45) is 5.41 Å². The molecule has 41 heavy (non-hydrogen) atoms. The van der Waals surface area contributed by atoms with Crippen LogP contribution in [0.25, 0.3) is 0 Å². The molecule has 0 amide bonds. The maximum atomic E-state index is 16.0. The van der Waals surface area contributed by atoms with Gasteiger partial charge in [-0.1, -0.05) is 6.92 Å². The number of carbonyl (C=O) groups is 3. The summed E-state index contributed by atoms with van der Waals surface area (Å²) in [5.41, 5.74) is -15.2. The lowest BCUT2D eigenvalue weighted by atomic mass is 9.59. The van der Waals surface area contributed by atoms with Crippen molar-refractivity contribution in [3.8, 4) is 0 Å². The Bertz CT molecular complexity index is 1010. The molecule has 0 radical (unpaired) electrons. The second kappa shape index (κ2) is 10.8. The summed E-state index contributed by atoms with van der Waals surface area (Å²) in [6, 6.07) is 0. The Hall–Kier alpha value is -2.82. The highest BCUT2D eigenvalue weighted by Crippen LogP contribution is 2.69. The van der Waals surface area contributed by atoms with Crippen molar-refractivity contribution in [3.05, 3.63) is 0 Å². The van der Waals surface area contributed by atoms with Gasteiger partial charge in [-0.05, 0) is 6.42 Å². The Labute approximate surface area is 213 Å². The van der Waals surface area contributed by atoms with Crippen LogP contribution in [0.5, 0.6) is 0 Å². The first-order chi connectivity index (χ1) is 17.8. The molecule has 0 spiro atoms. The molecule has 0 fully saturated rings. The van der Waals surface area contributed by atoms with Gasteiger partial charge in [0.2, 0.25) is 0 Å². The first-order valence-corrected chi connectivity index (χ1v) is 9.76. The van der Waals surface area contributed by atoms with Gasteiger partial charge < -0.3 is 20.1 Å². The van der Waals surface area contributed by atoms with Gasteiger partial charge in [0.1, 0.15) is 0 Å². The van der Waals surface area contributed by atoms with Crippen molar-refractivity contribution >= 4 is 17.9 Å². The Morgan fingerprint density at radius 2 is 0.976 bits per heavy atom. The van der Waals surface area contributed by atoms with Gasteiger partial charge in [-0.25, -0.2) is 9.18 Å². The third-order valence-electron chi connectivity index (χ3n) is 5.35. The van der Waals surface area contributed by atoms with Gasteiger partial charge in [0.25, 0.3) is 5.67 Å². The van der Waals surface area contributed by atoms with Crippen molar-refractivity contribution in [3.63, 3.8) is 0 Å². The summed E-state index contributed by atoms with van der Waals surface area (Å²) in [7, 11) is 0. The minimum atomic E-state index is -9.17. The second-order valence-electron chi connectivity index (χ2n) is 7.96. The molecule has 0 bridgehead atoms. The molecular weight excluding hydrogens is 639 g/mol. The van der Waals surface area contributed by atoms with Crippen LogP contribution in [0, 0.1) is 5.41 Å². The predicted molar refractivity (Wildman–Crippen MR) is 90.7 cm³/mol. The molecule has 0 rings (SSSR count). The minimum absolute atomic E-state index is 0.760. The number of rotatable bonds is 14. The summed E-state index contributed by atoms with van der Waals surface area (Å²) in [5.74, 6) is -55.7. The van der Waals surface area contributed by atoms with Crippen LogP contribution >= 0.6 is 0 Å². The van der Waals surface area contributed by atoms with Gasteiger partial charge >= 0.3 is 59.9 Å². The Kier molecular flexibility index (Phi) is 10.0. The summed E-state index contributed by atoms with van der Waals surface area (Å²) in [5, 5.41) is 27.1. The lowest BCUT2D eigenvalue weighted by Gasteiger charge is -2.52. The van der Waals surface area contributed by atoms with E-state index in [1.165, 1.54) is 0 Å². The number of ether oxygens (including phenoxy) is 1. The van der Waals surface area contributed by atoms with Crippen LogP contribution in [0.4, 0.5) is 74.6 Å². The van der Waals surface area contributed by atoms with Crippen LogP contribution in [-0.2, 0) is 19.1 Å². The number of aliphatic carboxylic acids is 3. The molecule has 0 aromatic rings. The number of hydrogen-bond acceptors (Lipinski definition) is 4. The van der Waals surface area contributed by atoms with E-state index < -0.39 is 96.5 Å². The number of hydrogen-bond donors (Lipinski definition) is 3. The van der Waals surface area contributed by atoms with E-state index in [1.807, 2.05) is 0 Å². The van der Waals surface area contributed by atoms with E-state index in [2.05, 4.69) is 4.74 Å². The van der Waals surface area contributed by atoms with E-state index in [0.717, 1.165) is 6.92 Å². The molecule has 0 aromatic carbocycles. The average molecular weight is 652 g/mol. The summed E-state index contributed by atoms with van der Waals surface area (Å²) in [6.07, 6.45) is -25.5. The molecule has 3 unspecified atom stereocenters. The quantitative estimate of drug-likeness (QED) is 0.215. The van der Waals surface area contributed by atoms with Gasteiger partial charge in [0, 0.05) is 6.61 Å². The van der Waals surface area contributed by atoms with Gasteiger partial charge in [-0.15, -0.1) is 0 Å². The van der Waals surface area contributed by atoms with Gasteiger partial charge in [-0.2, -0.15) is 70.2 Å². The zero-order chi connectivity index (χ0) is 33.6. The molecule has 3 atom stereocenters. The molecule has 24 heteroatoms. The molecule has 3 N–H and O–H groups in total. The van der Waals surface area contributed by atoms with Crippen LogP contribution in [0.2, 0.25) is 0 Å². The molecule has 7 nitrogen and oxygen atoms in total. The van der Waals surface area contributed by atoms with Gasteiger partial charge in [0.05, 0.1) is 6.42 Å². The summed E-state index contributed by atoms with van der Waals surface area (Å²) >= 11 is 0. The van der Waals surface area contributed by atoms with E-state index in [9.17, 15) is 89.7 Å². The molecule has 0 aromatic heterocycles. The average Bonchev–Trinajstić information content (AvgIpc) is 2.74. The van der Waals surface area contributed by atoms with Crippen LogP contribution in [0.3, 0.4) is 0 Å². The third kappa shape index (κ3) is 5.19. The molecule has 0 aliphatic heterocycles. The minimum Gasteiger partial charge on any atom is -0.481 e. The maximum absolute atomic E-state index is 16.0. The SMILES string of the molecule is CCCOC(C(=O)O)C(CC(=O)O)(C(=O)O)C(F)(C(F)(F)C(F)(F)F)C(F)(F)C(F)(F)C(F)(F)C(F)(F)C(F)(F)F. The zero-order valence-electron chi connectivity index (χ0n) is 19.1. The highest BCUT2D eigenvalue weighted by Gasteiger charge is 2.99. The van der Waals surface area contributed by atoms with Crippen LogP contribution in [0.1, 0.15) is 19.8 Å². The fraction of sp³-hybridized carbons (Fsp3) is 0.824. The Balaban J connectivity index is 8.65. The zero-order valence-corrected chi connectivity index (χ0v) is 19.1. The molecule has 0 saturated carbocycles. The van der Waals surface area contributed by atoms with Crippen molar-refractivity contribution < 1.29 is 109 Å². The fourth-order valence-electron chi connectivity index (χ4n) is 3.37. The molecular formula is C17H13F17O7. The third-order valence-corrected chi connectivity index (χ3v) is 5.35. The van der Waals surface area contributed by atoms with Crippen molar-refractivity contribution in [2.75, 3.05) is 6.61 Å². The summed E-state index contributed by atoms with van der Waals surface area (Å²) in [6.45, 7) is -0.725. The summed E-state index contributed by atoms with van der Waals surface area (Å²) in [4.78, 5) is 34.5. The molecule has 0 saturated heterocycles. The normalized spacial score (nSPS) is 18.3. The van der Waals surface area contributed by atoms with Crippen molar-refractivity contribution in [2.45, 2.75) is 73.5 Å². The van der Waals surface area contributed by atoms with Crippen LogP contribution in [-0.4, -0.2) is 93.6 Å². The molecule has 0 aliphatic rings. The highest BCUT2D eigenvalue weighted by molar-refractivity contribution is 5.91. The van der Waals surface area contributed by atoms with Gasteiger partial charge in [-0.3, -0.25) is 9.59 Å². The standard InChI is InChI=1S/C17H13F17O7/c1-2-3-41-6(7(37)38)9(8(39)40,4-5(35)36)10(18,12(21,22)16(29,30)31)11(19,20)13(23,24)14(25,26)15(27,28)17(32,33)34/h6H,2-4H2,1H3,(H,35,36)(H,37,38)(H,39,40). The molecule has 242 valence electrons. The maximum Gasteiger partial charge on any atom is 0.460 e. The van der Waals surface area contributed by atoms with E-state index in [-0.39, 0.29) is 0 Å². The predicted octanol–water partition coefficient (Wildman–Crippen LogP) is 5.42. The van der Waals surface area contributed by atoms with Gasteiger partial charge in [0.15, 0.2) is 11.5 Å². The van der Waals surface area contributed by atoms with Crippen molar-refractivity contribution in [1.82, 2.24) is 0 Å². The fourth-order valence-corrected chi connectivity index (χ4v) is 3.37. The topological polar surface area (TPSA) is 121 Å². The smallest absolute Gasteiger partial charge is 0.460 e. The van der Waals surface area contributed by atoms with Crippen LogP contribution in [0.15, 0.2) is 0 Å². The number of carboxylic acid groups (broad SMARTS) is 3. The van der Waals surface area contributed by atoms with E-state index in [0.29, 0.717) is 0 Å². The van der Waals surface area contributed by atoms with Crippen LogP contribution < -0.4 is 0 Å². The van der Waals surface area contributed by atoms with Crippen molar-refractivity contribution in [1.29, 1.82) is 0 Å².